The lowest BCUT2D eigenvalue weighted by molar-refractivity contribution is -0.142. The van der Waals surface area contributed by atoms with E-state index in [1.165, 1.54) is 0 Å². The van der Waals surface area contributed by atoms with Crippen LogP contribution in [0.1, 0.15) is 23.6 Å². The van der Waals surface area contributed by atoms with Crippen molar-refractivity contribution in [1.29, 1.82) is 0 Å². The molecule has 4 aromatic rings. The number of halogens is 1. The lowest BCUT2D eigenvalue weighted by atomic mass is 10.1. The number of esters is 1. The van der Waals surface area contributed by atoms with Gasteiger partial charge < -0.3 is 18.3 Å². The van der Waals surface area contributed by atoms with E-state index in [9.17, 15) is 4.79 Å². The molecule has 0 atom stereocenters. The lowest BCUT2D eigenvalue weighted by Crippen LogP contribution is -2.09. The molecule has 5 nitrogen and oxygen atoms in total. The molecule has 0 fully saturated rings. The molecule has 28 heavy (non-hydrogen) atoms. The summed E-state index contributed by atoms with van der Waals surface area (Å²) in [5.74, 6) is 0.405. The van der Waals surface area contributed by atoms with Gasteiger partial charge in [0, 0.05) is 16.5 Å². The van der Waals surface area contributed by atoms with Gasteiger partial charge in [-0.1, -0.05) is 12.1 Å². The van der Waals surface area contributed by atoms with E-state index in [0.29, 0.717) is 19.0 Å². The van der Waals surface area contributed by atoms with Crippen molar-refractivity contribution in [3.63, 3.8) is 0 Å². The number of rotatable bonds is 6. The standard InChI is InChI=1S/C22H19BrO5/c1-3-25-20(24)9-14-5-4-13(2)8-19(14)27-11-15-12-28-21-16-6-7-26-22(16)18(23)10-17(15)21/h4-8,10,12H,3,9,11H2,1-2H3. The van der Waals surface area contributed by atoms with Crippen LogP contribution >= 0.6 is 15.9 Å². The van der Waals surface area contributed by atoms with Crippen molar-refractivity contribution in [1.82, 2.24) is 0 Å². The zero-order chi connectivity index (χ0) is 19.7. The fourth-order valence-electron chi connectivity index (χ4n) is 3.21. The molecule has 0 aliphatic heterocycles. The molecule has 2 heterocycles. The molecule has 6 heteroatoms. The Morgan fingerprint density at radius 2 is 1.93 bits per heavy atom. The van der Waals surface area contributed by atoms with Crippen molar-refractivity contribution < 1.29 is 23.1 Å². The minimum atomic E-state index is -0.267. The summed E-state index contributed by atoms with van der Waals surface area (Å²) in [6.07, 6.45) is 3.52. The first-order valence-electron chi connectivity index (χ1n) is 9.00. The largest absolute Gasteiger partial charge is 0.488 e. The number of benzene rings is 2. The SMILES string of the molecule is CCOC(=O)Cc1ccc(C)cc1OCc1coc2c1cc(Br)c1occc12. The van der Waals surface area contributed by atoms with Crippen LogP contribution in [0.5, 0.6) is 5.75 Å². The van der Waals surface area contributed by atoms with Crippen LogP contribution in [-0.4, -0.2) is 12.6 Å². The zero-order valence-corrected chi connectivity index (χ0v) is 17.2. The third kappa shape index (κ3) is 3.52. The van der Waals surface area contributed by atoms with Gasteiger partial charge in [0.1, 0.15) is 17.9 Å². The van der Waals surface area contributed by atoms with Crippen LogP contribution in [0.15, 0.2) is 56.2 Å². The smallest absolute Gasteiger partial charge is 0.310 e. The van der Waals surface area contributed by atoms with Gasteiger partial charge in [-0.25, -0.2) is 0 Å². The molecule has 0 aliphatic rings. The monoisotopic (exact) mass is 442 g/mol. The number of hydrogen-bond acceptors (Lipinski definition) is 5. The van der Waals surface area contributed by atoms with Gasteiger partial charge >= 0.3 is 5.97 Å². The highest BCUT2D eigenvalue weighted by Crippen LogP contribution is 2.36. The Morgan fingerprint density at radius 1 is 1.07 bits per heavy atom. The quantitative estimate of drug-likeness (QED) is 0.346. The summed E-state index contributed by atoms with van der Waals surface area (Å²) < 4.78 is 23.3. The molecule has 0 unspecified atom stereocenters. The molecule has 0 amide bonds. The molecule has 0 radical (unpaired) electrons. The summed E-state index contributed by atoms with van der Waals surface area (Å²) in [4.78, 5) is 11.9. The lowest BCUT2D eigenvalue weighted by Gasteiger charge is -2.12. The molecular formula is C22H19BrO5. The van der Waals surface area contributed by atoms with Crippen LogP contribution in [-0.2, 0) is 22.6 Å². The maximum absolute atomic E-state index is 11.9. The fourth-order valence-corrected chi connectivity index (χ4v) is 3.75. The van der Waals surface area contributed by atoms with Gasteiger partial charge in [0.15, 0.2) is 5.58 Å². The molecule has 4 rings (SSSR count). The number of hydrogen-bond donors (Lipinski definition) is 0. The van der Waals surface area contributed by atoms with Gasteiger partial charge in [-0.3, -0.25) is 4.79 Å². The Morgan fingerprint density at radius 3 is 2.75 bits per heavy atom. The minimum Gasteiger partial charge on any atom is -0.488 e. The third-order valence-electron chi connectivity index (χ3n) is 4.55. The number of furan rings is 2. The Balaban J connectivity index is 1.62. The summed E-state index contributed by atoms with van der Waals surface area (Å²) in [5, 5.41) is 1.87. The van der Waals surface area contributed by atoms with E-state index in [-0.39, 0.29) is 12.4 Å². The molecule has 144 valence electrons. The predicted octanol–water partition coefficient (Wildman–Crippen LogP) is 5.93. The van der Waals surface area contributed by atoms with Crippen molar-refractivity contribution in [3.8, 4) is 5.75 Å². The van der Waals surface area contributed by atoms with Crippen LogP contribution in [0, 0.1) is 6.92 Å². The van der Waals surface area contributed by atoms with E-state index in [1.807, 2.05) is 37.3 Å². The van der Waals surface area contributed by atoms with E-state index in [1.54, 1.807) is 19.5 Å². The van der Waals surface area contributed by atoms with Crippen LogP contribution < -0.4 is 4.74 Å². The first-order chi connectivity index (χ1) is 13.6. The van der Waals surface area contributed by atoms with Gasteiger partial charge in [-0.05, 0) is 53.5 Å². The van der Waals surface area contributed by atoms with Crippen molar-refractivity contribution in [2.24, 2.45) is 0 Å². The molecule has 2 aromatic carbocycles. The van der Waals surface area contributed by atoms with Crippen LogP contribution in [0.2, 0.25) is 0 Å². The first kappa shape index (κ1) is 18.6. The minimum absolute atomic E-state index is 0.177. The maximum Gasteiger partial charge on any atom is 0.310 e. The van der Waals surface area contributed by atoms with Crippen molar-refractivity contribution in [3.05, 3.63) is 64.0 Å². The summed E-state index contributed by atoms with van der Waals surface area (Å²) in [6.45, 7) is 4.46. The van der Waals surface area contributed by atoms with E-state index >= 15 is 0 Å². The molecule has 0 saturated heterocycles. The maximum atomic E-state index is 11.9. The number of carbonyl (C=O) groups excluding carboxylic acids is 1. The number of aryl methyl sites for hydroxylation is 1. The Kier molecular flexibility index (Phi) is 5.13. The average molecular weight is 443 g/mol. The molecule has 0 N–H and O–H groups in total. The number of ether oxygens (including phenoxy) is 2. The van der Waals surface area contributed by atoms with Gasteiger partial charge in [0.2, 0.25) is 0 Å². The van der Waals surface area contributed by atoms with E-state index < -0.39 is 0 Å². The highest BCUT2D eigenvalue weighted by atomic mass is 79.9. The first-order valence-corrected chi connectivity index (χ1v) is 9.80. The topological polar surface area (TPSA) is 61.8 Å². The molecule has 0 bridgehead atoms. The third-order valence-corrected chi connectivity index (χ3v) is 5.14. The second-order valence-electron chi connectivity index (χ2n) is 6.54. The zero-order valence-electron chi connectivity index (χ0n) is 15.6. The fraction of sp³-hybridized carbons (Fsp3) is 0.227. The summed E-state index contributed by atoms with van der Waals surface area (Å²) in [5.41, 5.74) is 4.30. The molecule has 0 spiro atoms. The van der Waals surface area contributed by atoms with Gasteiger partial charge in [0.05, 0.1) is 35.4 Å². The highest BCUT2D eigenvalue weighted by molar-refractivity contribution is 9.10. The summed E-state index contributed by atoms with van der Waals surface area (Å²) >= 11 is 3.55. The highest BCUT2D eigenvalue weighted by Gasteiger charge is 2.16. The molecular weight excluding hydrogens is 424 g/mol. The Labute approximate surface area is 170 Å². The Bertz CT molecular complexity index is 1150. The Hall–Kier alpha value is -2.73. The van der Waals surface area contributed by atoms with Gasteiger partial charge in [-0.2, -0.15) is 0 Å². The van der Waals surface area contributed by atoms with Crippen LogP contribution in [0.4, 0.5) is 0 Å². The van der Waals surface area contributed by atoms with Crippen molar-refractivity contribution in [2.45, 2.75) is 26.9 Å². The molecule has 0 saturated carbocycles. The van der Waals surface area contributed by atoms with E-state index in [0.717, 1.165) is 43.1 Å². The second-order valence-corrected chi connectivity index (χ2v) is 7.40. The summed E-state index contributed by atoms with van der Waals surface area (Å²) in [7, 11) is 0. The molecule has 0 aliphatic carbocycles. The predicted molar refractivity (Wildman–Crippen MR) is 110 cm³/mol. The van der Waals surface area contributed by atoms with Gasteiger partial charge in [-0.15, -0.1) is 0 Å². The second kappa shape index (κ2) is 7.72. The van der Waals surface area contributed by atoms with Crippen molar-refractivity contribution >= 4 is 43.8 Å². The van der Waals surface area contributed by atoms with Crippen LogP contribution in [0.3, 0.4) is 0 Å². The van der Waals surface area contributed by atoms with Crippen LogP contribution in [0.25, 0.3) is 21.9 Å². The molecule has 2 aromatic heterocycles. The van der Waals surface area contributed by atoms with E-state index in [2.05, 4.69) is 15.9 Å². The summed E-state index contributed by atoms with van der Waals surface area (Å²) in [6, 6.07) is 9.65. The number of carbonyl (C=O) groups is 1. The van der Waals surface area contributed by atoms with E-state index in [4.69, 9.17) is 18.3 Å². The number of fused-ring (bicyclic) bond motifs is 3. The van der Waals surface area contributed by atoms with Crippen molar-refractivity contribution in [2.75, 3.05) is 6.61 Å². The average Bonchev–Trinajstić information content (AvgIpc) is 3.29. The van der Waals surface area contributed by atoms with Gasteiger partial charge in [0.25, 0.3) is 0 Å². The normalized spacial score (nSPS) is 11.2.